The third-order valence-electron chi connectivity index (χ3n) is 2.02. The molecule has 0 unspecified atom stereocenters. The fourth-order valence-corrected chi connectivity index (χ4v) is 1.33. The molecule has 0 saturated carbocycles. The molecule has 0 saturated heterocycles. The quantitative estimate of drug-likeness (QED) is 0.748. The van der Waals surface area contributed by atoms with Crippen LogP contribution in [-0.4, -0.2) is 14.5 Å². The van der Waals surface area contributed by atoms with Gasteiger partial charge in [0.1, 0.15) is 6.61 Å². The summed E-state index contributed by atoms with van der Waals surface area (Å²) in [5.41, 5.74) is 0.981. The molecule has 0 aliphatic rings. The molecule has 0 aromatic carbocycles. The summed E-state index contributed by atoms with van der Waals surface area (Å²) in [6.07, 6.45) is 5.10. The number of halogens is 1. The van der Waals surface area contributed by atoms with Crippen molar-refractivity contribution in [1.29, 1.82) is 0 Å². The van der Waals surface area contributed by atoms with Crippen LogP contribution in [0.1, 0.15) is 5.69 Å². The lowest BCUT2D eigenvalue weighted by Gasteiger charge is -2.06. The van der Waals surface area contributed by atoms with E-state index in [9.17, 15) is 0 Å². The van der Waals surface area contributed by atoms with Crippen LogP contribution in [-0.2, 0) is 13.7 Å². The molecule has 0 radical (unpaired) electrons. The average Bonchev–Trinajstić information content (AvgIpc) is 2.63. The molecule has 0 amide bonds. The van der Waals surface area contributed by atoms with Gasteiger partial charge < -0.3 is 9.30 Å². The van der Waals surface area contributed by atoms with Gasteiger partial charge in [0.25, 0.3) is 0 Å². The van der Waals surface area contributed by atoms with E-state index in [1.165, 1.54) is 0 Å². The van der Waals surface area contributed by atoms with E-state index in [-0.39, 0.29) is 0 Å². The smallest absolute Gasteiger partial charge is 0.171 e. The zero-order valence-electron chi connectivity index (χ0n) is 8.22. The summed E-state index contributed by atoms with van der Waals surface area (Å²) >= 11 is 5.85. The van der Waals surface area contributed by atoms with Crippen molar-refractivity contribution in [2.45, 2.75) is 6.61 Å². The van der Waals surface area contributed by atoms with Gasteiger partial charge >= 0.3 is 0 Å². The highest BCUT2D eigenvalue weighted by Crippen LogP contribution is 2.21. The van der Waals surface area contributed by atoms with Crippen LogP contribution in [0.15, 0.2) is 30.9 Å². The van der Waals surface area contributed by atoms with Gasteiger partial charge in [0.05, 0.1) is 18.2 Å². The van der Waals surface area contributed by atoms with Crippen molar-refractivity contribution in [3.8, 4) is 5.75 Å². The maximum absolute atomic E-state index is 5.85. The van der Waals surface area contributed by atoms with Gasteiger partial charge in [0, 0.05) is 13.2 Å². The maximum atomic E-state index is 5.85. The molecule has 2 rings (SSSR count). The minimum absolute atomic E-state index is 0.375. The van der Waals surface area contributed by atoms with Crippen molar-refractivity contribution in [3.63, 3.8) is 0 Å². The summed E-state index contributed by atoms with van der Waals surface area (Å²) in [5.74, 6) is 0.584. The number of nitrogens with zero attached hydrogens (tertiary/aromatic N) is 3. The molecular formula is C10H10ClN3O. The van der Waals surface area contributed by atoms with Crippen molar-refractivity contribution in [1.82, 2.24) is 14.5 Å². The zero-order chi connectivity index (χ0) is 10.7. The van der Waals surface area contributed by atoms with Crippen LogP contribution in [0.3, 0.4) is 0 Å². The molecule has 0 aliphatic heterocycles. The number of ether oxygens (including phenoxy) is 1. The molecule has 0 atom stereocenters. The number of hydrogen-bond donors (Lipinski definition) is 0. The number of hydrogen-bond acceptors (Lipinski definition) is 3. The summed E-state index contributed by atoms with van der Waals surface area (Å²) in [7, 11) is 1.91. The number of pyridine rings is 1. The summed E-state index contributed by atoms with van der Waals surface area (Å²) in [6, 6.07) is 3.57. The molecule has 0 spiro atoms. The first-order valence-corrected chi connectivity index (χ1v) is 4.83. The Kier molecular flexibility index (Phi) is 2.87. The fraction of sp³-hybridized carbons (Fsp3) is 0.200. The third kappa shape index (κ3) is 2.27. The molecule has 2 aromatic rings. The highest BCUT2D eigenvalue weighted by atomic mass is 35.5. The molecule has 78 valence electrons. The lowest BCUT2D eigenvalue weighted by Crippen LogP contribution is -2.01. The van der Waals surface area contributed by atoms with E-state index in [2.05, 4.69) is 9.97 Å². The number of rotatable bonds is 3. The Morgan fingerprint density at radius 1 is 1.53 bits per heavy atom. The summed E-state index contributed by atoms with van der Waals surface area (Å²) < 4.78 is 7.40. The molecule has 15 heavy (non-hydrogen) atoms. The van der Waals surface area contributed by atoms with Crippen molar-refractivity contribution < 1.29 is 4.74 Å². The minimum atomic E-state index is 0.375. The normalized spacial score (nSPS) is 10.3. The summed E-state index contributed by atoms with van der Waals surface area (Å²) in [6.45, 7) is 0.432. The number of aryl methyl sites for hydroxylation is 1. The Balaban J connectivity index is 2.06. The van der Waals surface area contributed by atoms with Gasteiger partial charge in [0.15, 0.2) is 10.9 Å². The highest BCUT2D eigenvalue weighted by molar-refractivity contribution is 6.30. The first-order chi connectivity index (χ1) is 7.27. The number of imidazole rings is 1. The topological polar surface area (TPSA) is 39.9 Å². The second kappa shape index (κ2) is 4.31. The predicted molar refractivity (Wildman–Crippen MR) is 56.8 cm³/mol. The van der Waals surface area contributed by atoms with Gasteiger partial charge in [0.2, 0.25) is 0 Å². The molecular weight excluding hydrogens is 214 g/mol. The van der Waals surface area contributed by atoms with Gasteiger partial charge in [-0.05, 0) is 12.1 Å². The van der Waals surface area contributed by atoms with Crippen LogP contribution in [0, 0.1) is 0 Å². The van der Waals surface area contributed by atoms with Gasteiger partial charge in [-0.2, -0.15) is 0 Å². The fourth-order valence-electron chi connectivity index (χ4n) is 1.15. The van der Waals surface area contributed by atoms with Crippen molar-refractivity contribution in [2.75, 3.05) is 0 Å². The molecule has 2 aromatic heterocycles. The molecule has 0 bridgehead atoms. The van der Waals surface area contributed by atoms with E-state index in [0.717, 1.165) is 5.69 Å². The summed E-state index contributed by atoms with van der Waals surface area (Å²) in [4.78, 5) is 7.91. The first kappa shape index (κ1) is 9.98. The van der Waals surface area contributed by atoms with E-state index in [0.29, 0.717) is 17.5 Å². The maximum Gasteiger partial charge on any atom is 0.171 e. The van der Waals surface area contributed by atoms with Crippen molar-refractivity contribution in [3.05, 3.63) is 41.7 Å². The lowest BCUT2D eigenvalue weighted by atomic mass is 10.4. The summed E-state index contributed by atoms with van der Waals surface area (Å²) in [5, 5.41) is 0.375. The van der Waals surface area contributed by atoms with E-state index in [1.54, 1.807) is 30.9 Å². The Bertz CT molecular complexity index is 455. The number of aromatic nitrogens is 3. The minimum Gasteiger partial charge on any atom is -0.484 e. The Labute approximate surface area is 92.5 Å². The van der Waals surface area contributed by atoms with Crippen LogP contribution in [0.5, 0.6) is 5.75 Å². The van der Waals surface area contributed by atoms with Crippen molar-refractivity contribution in [2.24, 2.45) is 7.05 Å². The van der Waals surface area contributed by atoms with E-state index in [1.807, 2.05) is 11.6 Å². The SMILES string of the molecule is Cn1cncc1COc1cccnc1Cl. The molecule has 0 N–H and O–H groups in total. The Hall–Kier alpha value is -1.55. The van der Waals surface area contributed by atoms with E-state index < -0.39 is 0 Å². The Morgan fingerprint density at radius 2 is 2.40 bits per heavy atom. The van der Waals surface area contributed by atoms with Crippen LogP contribution >= 0.6 is 11.6 Å². The Morgan fingerprint density at radius 3 is 3.07 bits per heavy atom. The molecule has 0 aliphatic carbocycles. The van der Waals surface area contributed by atoms with Gasteiger partial charge in [-0.3, -0.25) is 0 Å². The largest absolute Gasteiger partial charge is 0.484 e. The second-order valence-corrected chi connectivity index (χ2v) is 3.43. The van der Waals surface area contributed by atoms with Gasteiger partial charge in [-0.25, -0.2) is 9.97 Å². The van der Waals surface area contributed by atoms with Crippen LogP contribution in [0.4, 0.5) is 0 Å². The third-order valence-corrected chi connectivity index (χ3v) is 2.30. The van der Waals surface area contributed by atoms with Crippen LogP contribution in [0.25, 0.3) is 0 Å². The molecule has 2 heterocycles. The van der Waals surface area contributed by atoms with E-state index >= 15 is 0 Å². The monoisotopic (exact) mass is 223 g/mol. The van der Waals surface area contributed by atoms with Gasteiger partial charge in [-0.1, -0.05) is 11.6 Å². The van der Waals surface area contributed by atoms with Gasteiger partial charge in [-0.15, -0.1) is 0 Å². The first-order valence-electron chi connectivity index (χ1n) is 4.46. The standard InChI is InChI=1S/C10H10ClN3O/c1-14-7-12-5-8(14)6-15-9-3-2-4-13-10(9)11/h2-5,7H,6H2,1H3. The van der Waals surface area contributed by atoms with E-state index in [4.69, 9.17) is 16.3 Å². The molecule has 0 fully saturated rings. The predicted octanol–water partition coefficient (Wildman–Crippen LogP) is 2.05. The second-order valence-electron chi connectivity index (χ2n) is 3.08. The van der Waals surface area contributed by atoms with Crippen LogP contribution < -0.4 is 4.74 Å². The molecule has 4 nitrogen and oxygen atoms in total. The zero-order valence-corrected chi connectivity index (χ0v) is 8.98. The lowest BCUT2D eigenvalue weighted by molar-refractivity contribution is 0.296. The average molecular weight is 224 g/mol. The molecule has 5 heteroatoms. The highest BCUT2D eigenvalue weighted by Gasteiger charge is 2.03. The van der Waals surface area contributed by atoms with Crippen molar-refractivity contribution >= 4 is 11.6 Å². The van der Waals surface area contributed by atoms with Crippen LogP contribution in [0.2, 0.25) is 5.15 Å².